The van der Waals surface area contributed by atoms with Crippen molar-refractivity contribution in [1.82, 2.24) is 0 Å². The first-order valence-corrected chi connectivity index (χ1v) is 7.00. The van der Waals surface area contributed by atoms with Gasteiger partial charge in [0.15, 0.2) is 0 Å². The fourth-order valence-corrected chi connectivity index (χ4v) is 2.79. The summed E-state index contributed by atoms with van der Waals surface area (Å²) in [4.78, 5) is 25.6. The fourth-order valence-electron chi connectivity index (χ4n) is 2.79. The van der Waals surface area contributed by atoms with Crippen LogP contribution in [-0.4, -0.2) is 28.6 Å². The minimum absolute atomic E-state index is 0.0986. The summed E-state index contributed by atoms with van der Waals surface area (Å²) in [6.07, 6.45) is 0.385. The van der Waals surface area contributed by atoms with Crippen LogP contribution in [-0.2, 0) is 4.79 Å². The van der Waals surface area contributed by atoms with Gasteiger partial charge < -0.3 is 15.1 Å². The highest BCUT2D eigenvalue weighted by atomic mass is 16.4. The number of carbonyl (C=O) groups is 2. The number of carboxylic acids is 1. The second kappa shape index (κ2) is 5.52. The van der Waals surface area contributed by atoms with Gasteiger partial charge in [0.2, 0.25) is 0 Å². The summed E-state index contributed by atoms with van der Waals surface area (Å²) in [5.41, 5.74) is 1.76. The number of anilines is 1. The Morgan fingerprint density at radius 1 is 1.05 bits per heavy atom. The number of nitrogens with zero attached hydrogens (tertiary/aromatic N) is 1. The number of fused-ring (bicyclic) bond motifs is 1. The predicted molar refractivity (Wildman–Crippen MR) is 81.2 cm³/mol. The third kappa shape index (κ3) is 2.41. The van der Waals surface area contributed by atoms with Crippen molar-refractivity contribution in [2.45, 2.75) is 12.3 Å². The van der Waals surface area contributed by atoms with Gasteiger partial charge in [-0.25, -0.2) is 0 Å². The predicted octanol–water partition coefficient (Wildman–Crippen LogP) is 2.61. The lowest BCUT2D eigenvalue weighted by Gasteiger charge is -2.32. The minimum Gasteiger partial charge on any atom is -0.508 e. The van der Waals surface area contributed by atoms with E-state index in [-0.39, 0.29) is 11.7 Å². The van der Waals surface area contributed by atoms with E-state index < -0.39 is 11.9 Å². The van der Waals surface area contributed by atoms with E-state index in [4.69, 9.17) is 0 Å². The van der Waals surface area contributed by atoms with Crippen molar-refractivity contribution in [3.8, 4) is 5.75 Å². The number of benzene rings is 2. The summed E-state index contributed by atoms with van der Waals surface area (Å²) in [5.74, 6) is -1.55. The van der Waals surface area contributed by atoms with Crippen LogP contribution in [0.2, 0.25) is 0 Å². The third-order valence-electron chi connectivity index (χ3n) is 3.90. The van der Waals surface area contributed by atoms with Crippen LogP contribution in [0, 0.1) is 0 Å². The van der Waals surface area contributed by atoms with E-state index in [0.29, 0.717) is 29.8 Å². The van der Waals surface area contributed by atoms with Gasteiger partial charge in [-0.05, 0) is 42.3 Å². The van der Waals surface area contributed by atoms with Crippen LogP contribution >= 0.6 is 0 Å². The number of hydrogen-bond donors (Lipinski definition) is 2. The summed E-state index contributed by atoms with van der Waals surface area (Å²) in [5, 5.41) is 18.6. The molecule has 1 aliphatic rings. The number of aliphatic carboxylic acids is 1. The Morgan fingerprint density at radius 2 is 1.73 bits per heavy atom. The van der Waals surface area contributed by atoms with E-state index >= 15 is 0 Å². The minimum atomic E-state index is -0.871. The summed E-state index contributed by atoms with van der Waals surface area (Å²) in [6, 6.07) is 13.1. The van der Waals surface area contributed by atoms with Gasteiger partial charge in [-0.2, -0.15) is 0 Å². The van der Waals surface area contributed by atoms with Crippen molar-refractivity contribution in [2.75, 3.05) is 11.4 Å². The summed E-state index contributed by atoms with van der Waals surface area (Å²) in [7, 11) is 0. The van der Waals surface area contributed by atoms with E-state index in [2.05, 4.69) is 0 Å². The maximum Gasteiger partial charge on any atom is 0.311 e. The molecule has 112 valence electrons. The van der Waals surface area contributed by atoms with E-state index in [1.54, 1.807) is 41.3 Å². The Balaban J connectivity index is 1.98. The van der Waals surface area contributed by atoms with Gasteiger partial charge in [0.25, 0.3) is 5.91 Å². The van der Waals surface area contributed by atoms with Gasteiger partial charge in [-0.3, -0.25) is 9.59 Å². The maximum atomic E-state index is 12.6. The number of carbonyl (C=O) groups excluding carboxylic acids is 1. The van der Waals surface area contributed by atoms with Crippen molar-refractivity contribution in [3.63, 3.8) is 0 Å². The summed E-state index contributed by atoms with van der Waals surface area (Å²) < 4.78 is 0. The largest absolute Gasteiger partial charge is 0.508 e. The monoisotopic (exact) mass is 297 g/mol. The molecule has 5 nitrogen and oxygen atoms in total. The first-order chi connectivity index (χ1) is 10.6. The summed E-state index contributed by atoms with van der Waals surface area (Å²) in [6.45, 7) is 0.355. The molecule has 0 fully saturated rings. The first kappa shape index (κ1) is 14.1. The van der Waals surface area contributed by atoms with Crippen LogP contribution in [0.3, 0.4) is 0 Å². The molecule has 1 heterocycles. The normalized spacial score (nSPS) is 16.9. The molecule has 2 aromatic rings. The molecule has 0 bridgehead atoms. The van der Waals surface area contributed by atoms with Crippen molar-refractivity contribution >= 4 is 17.6 Å². The highest BCUT2D eigenvalue weighted by molar-refractivity contribution is 6.07. The molecule has 0 saturated heterocycles. The fraction of sp³-hybridized carbons (Fsp3) is 0.176. The zero-order valence-electron chi connectivity index (χ0n) is 11.8. The standard InChI is InChI=1S/C17H15NO4/c19-12-7-5-11(6-8-12)16(20)18-10-9-14(17(21)22)13-3-1-2-4-15(13)18/h1-8,14,19H,9-10H2,(H,21,22). The molecule has 1 unspecified atom stereocenters. The lowest BCUT2D eigenvalue weighted by molar-refractivity contribution is -0.139. The molecular weight excluding hydrogens is 282 g/mol. The molecule has 0 radical (unpaired) electrons. The van der Waals surface area contributed by atoms with Gasteiger partial charge in [0.05, 0.1) is 5.92 Å². The lowest BCUT2D eigenvalue weighted by atomic mass is 9.89. The van der Waals surface area contributed by atoms with E-state index in [1.807, 2.05) is 0 Å². The molecule has 22 heavy (non-hydrogen) atoms. The molecule has 5 heteroatoms. The molecule has 0 spiro atoms. The van der Waals surface area contributed by atoms with E-state index in [1.165, 1.54) is 12.1 Å². The molecular formula is C17H15NO4. The van der Waals surface area contributed by atoms with Gasteiger partial charge in [0, 0.05) is 17.8 Å². The number of hydrogen-bond acceptors (Lipinski definition) is 3. The molecule has 3 rings (SSSR count). The van der Waals surface area contributed by atoms with Crippen molar-refractivity contribution < 1.29 is 19.8 Å². The number of phenols is 1. The van der Waals surface area contributed by atoms with Crippen LogP contribution in [0.25, 0.3) is 0 Å². The highest BCUT2D eigenvalue weighted by Gasteiger charge is 2.32. The number of carboxylic acid groups (broad SMARTS) is 1. The topological polar surface area (TPSA) is 77.8 Å². The first-order valence-electron chi connectivity index (χ1n) is 7.00. The molecule has 0 saturated carbocycles. The Labute approximate surface area is 127 Å². The Kier molecular flexibility index (Phi) is 3.55. The van der Waals surface area contributed by atoms with Crippen LogP contribution in [0.15, 0.2) is 48.5 Å². The van der Waals surface area contributed by atoms with Crippen molar-refractivity contribution in [2.24, 2.45) is 0 Å². The number of phenolic OH excluding ortho intramolecular Hbond substituents is 1. The zero-order valence-corrected chi connectivity index (χ0v) is 11.8. The number of aromatic hydroxyl groups is 1. The van der Waals surface area contributed by atoms with E-state index in [0.717, 1.165) is 0 Å². The summed E-state index contributed by atoms with van der Waals surface area (Å²) >= 11 is 0. The Morgan fingerprint density at radius 3 is 2.41 bits per heavy atom. The molecule has 2 aromatic carbocycles. The highest BCUT2D eigenvalue weighted by Crippen LogP contribution is 2.36. The van der Waals surface area contributed by atoms with Crippen molar-refractivity contribution in [1.29, 1.82) is 0 Å². The average molecular weight is 297 g/mol. The molecule has 2 N–H and O–H groups in total. The second-order valence-electron chi connectivity index (χ2n) is 5.24. The van der Waals surface area contributed by atoms with Gasteiger partial charge >= 0.3 is 5.97 Å². The average Bonchev–Trinajstić information content (AvgIpc) is 2.53. The second-order valence-corrected chi connectivity index (χ2v) is 5.24. The zero-order chi connectivity index (χ0) is 15.7. The number of amides is 1. The Bertz CT molecular complexity index is 724. The van der Waals surface area contributed by atoms with Crippen LogP contribution in [0.1, 0.15) is 28.3 Å². The van der Waals surface area contributed by atoms with Crippen LogP contribution in [0.5, 0.6) is 5.75 Å². The van der Waals surface area contributed by atoms with Crippen molar-refractivity contribution in [3.05, 3.63) is 59.7 Å². The van der Waals surface area contributed by atoms with Gasteiger partial charge in [0.1, 0.15) is 5.75 Å². The number of rotatable bonds is 2. The van der Waals surface area contributed by atoms with Gasteiger partial charge in [-0.1, -0.05) is 18.2 Å². The molecule has 1 amide bonds. The molecule has 0 aliphatic carbocycles. The van der Waals surface area contributed by atoms with Crippen LogP contribution < -0.4 is 4.90 Å². The third-order valence-corrected chi connectivity index (χ3v) is 3.90. The SMILES string of the molecule is O=C(O)C1CCN(C(=O)c2ccc(O)cc2)c2ccccc21. The smallest absolute Gasteiger partial charge is 0.311 e. The number of para-hydroxylation sites is 1. The molecule has 1 aliphatic heterocycles. The Hall–Kier alpha value is -2.82. The van der Waals surface area contributed by atoms with E-state index in [9.17, 15) is 19.8 Å². The molecule has 1 atom stereocenters. The molecule has 0 aromatic heterocycles. The van der Waals surface area contributed by atoms with Gasteiger partial charge in [-0.15, -0.1) is 0 Å². The maximum absolute atomic E-state index is 12.6. The lowest BCUT2D eigenvalue weighted by Crippen LogP contribution is -2.38. The van der Waals surface area contributed by atoms with Crippen LogP contribution in [0.4, 0.5) is 5.69 Å². The quantitative estimate of drug-likeness (QED) is 0.893.